The lowest BCUT2D eigenvalue weighted by molar-refractivity contribution is 0.619. The fourth-order valence-corrected chi connectivity index (χ4v) is 3.21. The van der Waals surface area contributed by atoms with Gasteiger partial charge in [-0.15, -0.1) is 11.8 Å². The maximum Gasteiger partial charge on any atom is 0.137 e. The van der Waals surface area contributed by atoms with E-state index in [1.54, 1.807) is 17.8 Å². The molecule has 19 heavy (non-hydrogen) atoms. The molecule has 0 aromatic heterocycles. The van der Waals surface area contributed by atoms with Crippen molar-refractivity contribution in [3.63, 3.8) is 0 Å². The Kier molecular flexibility index (Phi) is 5.43. The molecule has 0 fully saturated rings. The first kappa shape index (κ1) is 14.6. The summed E-state index contributed by atoms with van der Waals surface area (Å²) in [5, 5.41) is 3.12. The minimum Gasteiger partial charge on any atom is -0.316 e. The molecule has 0 radical (unpaired) electrons. The van der Waals surface area contributed by atoms with Gasteiger partial charge in [0.1, 0.15) is 5.82 Å². The van der Waals surface area contributed by atoms with Crippen LogP contribution in [-0.2, 0) is 12.3 Å². The van der Waals surface area contributed by atoms with Crippen LogP contribution in [0.3, 0.4) is 0 Å². The van der Waals surface area contributed by atoms with Crippen molar-refractivity contribution in [2.75, 3.05) is 7.05 Å². The predicted octanol–water partition coefficient (Wildman–Crippen LogP) is 4.60. The van der Waals surface area contributed by atoms with E-state index in [4.69, 9.17) is 0 Å². The third-order valence-corrected chi connectivity index (χ3v) is 4.68. The molecule has 0 atom stereocenters. The van der Waals surface area contributed by atoms with E-state index in [9.17, 15) is 4.39 Å². The molecule has 0 aliphatic heterocycles. The Balaban J connectivity index is 2.00. The molecule has 0 aliphatic carbocycles. The van der Waals surface area contributed by atoms with Gasteiger partial charge >= 0.3 is 0 Å². The molecule has 0 unspecified atom stereocenters. The Morgan fingerprint density at radius 2 is 1.89 bits per heavy atom. The molecule has 0 heterocycles. The number of nitrogens with one attached hydrogen (secondary N) is 1. The van der Waals surface area contributed by atoms with Crippen molar-refractivity contribution in [1.82, 2.24) is 5.32 Å². The van der Waals surface area contributed by atoms with Gasteiger partial charge in [-0.1, -0.05) is 24.3 Å². The lowest BCUT2D eigenvalue weighted by atomic mass is 10.2. The summed E-state index contributed by atoms with van der Waals surface area (Å²) < 4.78 is 13.9. The number of thioether (sulfide) groups is 1. The monoisotopic (exact) mass is 339 g/mol. The highest BCUT2D eigenvalue weighted by Gasteiger charge is 2.05. The van der Waals surface area contributed by atoms with Crippen molar-refractivity contribution in [3.05, 3.63) is 63.9 Å². The Bertz CT molecular complexity index is 542. The Hall–Kier alpha value is -0.840. The van der Waals surface area contributed by atoms with E-state index < -0.39 is 0 Å². The summed E-state index contributed by atoms with van der Waals surface area (Å²) in [6.07, 6.45) is 0. The van der Waals surface area contributed by atoms with Gasteiger partial charge in [0, 0.05) is 17.2 Å². The highest BCUT2D eigenvalue weighted by molar-refractivity contribution is 9.10. The molecule has 100 valence electrons. The number of halogens is 2. The molecule has 2 rings (SSSR count). The van der Waals surface area contributed by atoms with Crippen molar-refractivity contribution in [2.45, 2.75) is 17.2 Å². The minimum absolute atomic E-state index is 0.206. The fraction of sp³-hybridized carbons (Fsp3) is 0.200. The van der Waals surface area contributed by atoms with Crippen molar-refractivity contribution >= 4 is 27.7 Å². The maximum absolute atomic E-state index is 13.4. The fourth-order valence-electron chi connectivity index (χ4n) is 1.73. The zero-order valence-electron chi connectivity index (χ0n) is 10.6. The molecule has 0 saturated carbocycles. The molecule has 1 N–H and O–H groups in total. The zero-order chi connectivity index (χ0) is 13.7. The summed E-state index contributed by atoms with van der Waals surface area (Å²) in [6.45, 7) is 0.875. The molecule has 2 aromatic rings. The van der Waals surface area contributed by atoms with Crippen LogP contribution in [0.4, 0.5) is 4.39 Å². The Labute approximate surface area is 125 Å². The van der Waals surface area contributed by atoms with Crippen molar-refractivity contribution in [2.24, 2.45) is 0 Å². The summed E-state index contributed by atoms with van der Waals surface area (Å²) in [6, 6.07) is 13.6. The van der Waals surface area contributed by atoms with Crippen LogP contribution in [0.15, 0.2) is 51.8 Å². The second kappa shape index (κ2) is 7.08. The van der Waals surface area contributed by atoms with Gasteiger partial charge in [-0.05, 0) is 52.3 Å². The van der Waals surface area contributed by atoms with E-state index in [2.05, 4.69) is 45.5 Å². The average Bonchev–Trinajstić information content (AvgIpc) is 2.42. The van der Waals surface area contributed by atoms with E-state index in [0.29, 0.717) is 4.47 Å². The van der Waals surface area contributed by atoms with Crippen LogP contribution in [0.1, 0.15) is 11.1 Å². The highest BCUT2D eigenvalue weighted by atomic mass is 79.9. The molecule has 0 spiro atoms. The Morgan fingerprint density at radius 3 is 2.58 bits per heavy atom. The van der Waals surface area contributed by atoms with Crippen LogP contribution in [0.2, 0.25) is 0 Å². The van der Waals surface area contributed by atoms with Gasteiger partial charge in [0.05, 0.1) is 4.47 Å². The molecule has 0 amide bonds. The lowest BCUT2D eigenvalue weighted by Gasteiger charge is -2.06. The summed E-state index contributed by atoms with van der Waals surface area (Å²) in [7, 11) is 1.93. The van der Waals surface area contributed by atoms with Crippen LogP contribution in [0.5, 0.6) is 0 Å². The molecule has 0 saturated heterocycles. The van der Waals surface area contributed by atoms with Gasteiger partial charge in [-0.25, -0.2) is 4.39 Å². The topological polar surface area (TPSA) is 12.0 Å². The van der Waals surface area contributed by atoms with E-state index in [1.165, 1.54) is 16.5 Å². The third-order valence-electron chi connectivity index (χ3n) is 2.73. The van der Waals surface area contributed by atoms with Crippen molar-refractivity contribution in [3.8, 4) is 0 Å². The zero-order valence-corrected chi connectivity index (χ0v) is 13.0. The first-order valence-corrected chi connectivity index (χ1v) is 7.78. The van der Waals surface area contributed by atoms with Crippen molar-refractivity contribution < 1.29 is 4.39 Å². The van der Waals surface area contributed by atoms with E-state index >= 15 is 0 Å². The molecule has 0 aliphatic rings. The molecular weight excluding hydrogens is 325 g/mol. The van der Waals surface area contributed by atoms with Gasteiger partial charge < -0.3 is 5.32 Å². The second-order valence-electron chi connectivity index (χ2n) is 4.18. The van der Waals surface area contributed by atoms with Gasteiger partial charge in [-0.2, -0.15) is 0 Å². The number of hydrogen-bond acceptors (Lipinski definition) is 2. The highest BCUT2D eigenvalue weighted by Crippen LogP contribution is 2.28. The van der Waals surface area contributed by atoms with Crippen LogP contribution >= 0.6 is 27.7 Å². The van der Waals surface area contributed by atoms with Crippen LogP contribution in [0.25, 0.3) is 0 Å². The molecule has 4 heteroatoms. The van der Waals surface area contributed by atoms with Crippen LogP contribution < -0.4 is 5.32 Å². The predicted molar refractivity (Wildman–Crippen MR) is 82.9 cm³/mol. The largest absolute Gasteiger partial charge is 0.316 e. The molecular formula is C15H15BrFNS. The number of benzene rings is 2. The minimum atomic E-state index is -0.206. The van der Waals surface area contributed by atoms with E-state index in [-0.39, 0.29) is 5.82 Å². The second-order valence-corrected chi connectivity index (χ2v) is 6.02. The van der Waals surface area contributed by atoms with Gasteiger partial charge in [0.2, 0.25) is 0 Å². The van der Waals surface area contributed by atoms with Gasteiger partial charge in [-0.3, -0.25) is 0 Å². The first-order valence-electron chi connectivity index (χ1n) is 6.00. The quantitative estimate of drug-likeness (QED) is 0.799. The molecule has 0 bridgehead atoms. The molecule has 1 nitrogen and oxygen atoms in total. The SMILES string of the molecule is CNCc1ccc(SCc2cccc(F)c2Br)cc1. The van der Waals surface area contributed by atoms with E-state index in [1.807, 2.05) is 13.1 Å². The Morgan fingerprint density at radius 1 is 1.16 bits per heavy atom. The average molecular weight is 340 g/mol. The van der Waals surface area contributed by atoms with E-state index in [0.717, 1.165) is 17.9 Å². The standard InChI is InChI=1S/C15H15BrFNS/c1-18-9-11-5-7-13(8-6-11)19-10-12-3-2-4-14(17)15(12)16/h2-8,18H,9-10H2,1H3. The van der Waals surface area contributed by atoms with Gasteiger partial charge in [0.15, 0.2) is 0 Å². The van der Waals surface area contributed by atoms with Gasteiger partial charge in [0.25, 0.3) is 0 Å². The van der Waals surface area contributed by atoms with Crippen molar-refractivity contribution in [1.29, 1.82) is 0 Å². The third kappa shape index (κ3) is 4.06. The number of rotatable bonds is 5. The summed E-state index contributed by atoms with van der Waals surface area (Å²) in [4.78, 5) is 1.19. The van der Waals surface area contributed by atoms with Crippen LogP contribution in [-0.4, -0.2) is 7.05 Å². The smallest absolute Gasteiger partial charge is 0.137 e. The molecule has 2 aromatic carbocycles. The van der Waals surface area contributed by atoms with Crippen LogP contribution in [0, 0.1) is 5.82 Å². The summed E-state index contributed by atoms with van der Waals surface area (Å²) in [5.74, 6) is 0.548. The lowest BCUT2D eigenvalue weighted by Crippen LogP contribution is -2.04. The summed E-state index contributed by atoms with van der Waals surface area (Å²) in [5.41, 5.74) is 2.24. The summed E-state index contributed by atoms with van der Waals surface area (Å²) >= 11 is 5.00. The normalized spacial score (nSPS) is 10.7. The number of hydrogen-bond donors (Lipinski definition) is 1. The first-order chi connectivity index (χ1) is 9.20. The maximum atomic E-state index is 13.4.